The monoisotopic (exact) mass is 333 g/mol. The fourth-order valence-electron chi connectivity index (χ4n) is 2.54. The second-order valence-corrected chi connectivity index (χ2v) is 6.48. The minimum atomic E-state index is -0.596. The van der Waals surface area contributed by atoms with Crippen molar-refractivity contribution in [3.05, 3.63) is 23.9 Å². The Morgan fingerprint density at radius 3 is 2.67 bits per heavy atom. The summed E-state index contributed by atoms with van der Waals surface area (Å²) >= 11 is 0. The Kier molecular flexibility index (Phi) is 6.54. The standard InChI is InChI=1S/C17H27N5O2/c1-12(2)16(18)17(24)21-11-15(23)20-10-13-5-6-19-14(9-13)22-7-3-4-8-22/h5-6,9,12,16H,3-4,7-8,10-11,18H2,1-2H3,(H,20,23)(H,21,24)/t16-/m0/s1. The van der Waals surface area contributed by atoms with Crippen molar-refractivity contribution in [1.82, 2.24) is 15.6 Å². The second-order valence-electron chi connectivity index (χ2n) is 6.48. The van der Waals surface area contributed by atoms with E-state index in [-0.39, 0.29) is 24.3 Å². The molecule has 1 aromatic rings. The first-order valence-corrected chi connectivity index (χ1v) is 8.47. The van der Waals surface area contributed by atoms with Crippen LogP contribution in [0.25, 0.3) is 0 Å². The van der Waals surface area contributed by atoms with Gasteiger partial charge in [-0.2, -0.15) is 0 Å². The SMILES string of the molecule is CC(C)[C@H](N)C(=O)NCC(=O)NCc1ccnc(N2CCCC2)c1. The summed E-state index contributed by atoms with van der Waals surface area (Å²) < 4.78 is 0. The number of pyridine rings is 1. The molecule has 7 nitrogen and oxygen atoms in total. The number of hydrogen-bond donors (Lipinski definition) is 3. The van der Waals surface area contributed by atoms with Crippen molar-refractivity contribution in [1.29, 1.82) is 0 Å². The predicted molar refractivity (Wildman–Crippen MR) is 93.4 cm³/mol. The van der Waals surface area contributed by atoms with Gasteiger partial charge in [-0.25, -0.2) is 4.98 Å². The summed E-state index contributed by atoms with van der Waals surface area (Å²) in [6, 6.07) is 3.28. The molecule has 1 atom stereocenters. The van der Waals surface area contributed by atoms with Crippen LogP contribution in [0.15, 0.2) is 18.3 Å². The Hall–Kier alpha value is -2.15. The zero-order valence-electron chi connectivity index (χ0n) is 14.4. The first-order chi connectivity index (χ1) is 11.5. The molecule has 1 aliphatic heterocycles. The number of nitrogens with one attached hydrogen (secondary N) is 2. The molecule has 1 fully saturated rings. The van der Waals surface area contributed by atoms with Gasteiger partial charge in [0.05, 0.1) is 12.6 Å². The van der Waals surface area contributed by atoms with Crippen LogP contribution in [0.4, 0.5) is 5.82 Å². The van der Waals surface area contributed by atoms with Crippen molar-refractivity contribution in [2.24, 2.45) is 11.7 Å². The molecular formula is C17H27N5O2. The highest BCUT2D eigenvalue weighted by Gasteiger charge is 2.17. The normalized spacial score (nSPS) is 15.4. The van der Waals surface area contributed by atoms with Crippen LogP contribution in [0.1, 0.15) is 32.3 Å². The summed E-state index contributed by atoms with van der Waals surface area (Å²) in [4.78, 5) is 30.2. The summed E-state index contributed by atoms with van der Waals surface area (Å²) in [6.45, 7) is 6.14. The molecule has 4 N–H and O–H groups in total. The molecule has 1 aliphatic rings. The summed E-state index contributed by atoms with van der Waals surface area (Å²) in [6.07, 6.45) is 4.15. The largest absolute Gasteiger partial charge is 0.357 e. The molecule has 0 saturated carbocycles. The van der Waals surface area contributed by atoms with E-state index in [2.05, 4.69) is 20.5 Å². The molecule has 2 heterocycles. The zero-order chi connectivity index (χ0) is 17.5. The molecule has 0 aromatic carbocycles. The van der Waals surface area contributed by atoms with Crippen LogP contribution in [0.2, 0.25) is 0 Å². The van der Waals surface area contributed by atoms with Gasteiger partial charge in [0.1, 0.15) is 5.82 Å². The third-order valence-electron chi connectivity index (χ3n) is 4.17. The number of carbonyl (C=O) groups excluding carboxylic acids is 2. The van der Waals surface area contributed by atoms with Gasteiger partial charge in [-0.15, -0.1) is 0 Å². The van der Waals surface area contributed by atoms with Gasteiger partial charge in [-0.05, 0) is 36.5 Å². The minimum absolute atomic E-state index is 0.0360. The Bertz CT molecular complexity index is 570. The third-order valence-corrected chi connectivity index (χ3v) is 4.17. The molecule has 0 bridgehead atoms. The van der Waals surface area contributed by atoms with Gasteiger partial charge >= 0.3 is 0 Å². The van der Waals surface area contributed by atoms with E-state index in [4.69, 9.17) is 5.73 Å². The number of hydrogen-bond acceptors (Lipinski definition) is 5. The van der Waals surface area contributed by atoms with Crippen LogP contribution in [-0.4, -0.2) is 42.5 Å². The average Bonchev–Trinajstić information content (AvgIpc) is 3.12. The second kappa shape index (κ2) is 8.63. The Labute approximate surface area is 143 Å². The number of amides is 2. The molecule has 0 unspecified atom stereocenters. The third kappa shape index (κ3) is 5.19. The maximum atomic E-state index is 11.9. The lowest BCUT2D eigenvalue weighted by atomic mass is 10.1. The fraction of sp³-hybridized carbons (Fsp3) is 0.588. The molecule has 2 amide bonds. The predicted octanol–water partition coefficient (Wildman–Crippen LogP) is 0.398. The van der Waals surface area contributed by atoms with Gasteiger partial charge in [0.15, 0.2) is 0 Å². The molecule has 0 aliphatic carbocycles. The van der Waals surface area contributed by atoms with Crippen molar-refractivity contribution in [3.8, 4) is 0 Å². The van der Waals surface area contributed by atoms with Crippen molar-refractivity contribution in [2.75, 3.05) is 24.5 Å². The van der Waals surface area contributed by atoms with E-state index in [9.17, 15) is 9.59 Å². The van der Waals surface area contributed by atoms with Crippen molar-refractivity contribution in [2.45, 2.75) is 39.3 Å². The molecule has 0 radical (unpaired) electrons. The fourth-order valence-corrected chi connectivity index (χ4v) is 2.54. The number of carbonyl (C=O) groups is 2. The number of nitrogens with two attached hydrogens (primary N) is 1. The average molecular weight is 333 g/mol. The lowest BCUT2D eigenvalue weighted by Crippen LogP contribution is -2.47. The van der Waals surface area contributed by atoms with Crippen LogP contribution in [-0.2, 0) is 16.1 Å². The zero-order valence-corrected chi connectivity index (χ0v) is 14.4. The maximum absolute atomic E-state index is 11.9. The van der Waals surface area contributed by atoms with Crippen LogP contribution in [0.3, 0.4) is 0 Å². The van der Waals surface area contributed by atoms with Gasteiger partial charge in [0.25, 0.3) is 0 Å². The van der Waals surface area contributed by atoms with Gasteiger partial charge in [-0.1, -0.05) is 13.8 Å². The van der Waals surface area contributed by atoms with Crippen LogP contribution in [0.5, 0.6) is 0 Å². The highest BCUT2D eigenvalue weighted by atomic mass is 16.2. The summed E-state index contributed by atoms with van der Waals surface area (Å²) in [5.74, 6) is 0.448. The minimum Gasteiger partial charge on any atom is -0.357 e. The van der Waals surface area contributed by atoms with E-state index < -0.39 is 6.04 Å². The summed E-state index contributed by atoms with van der Waals surface area (Å²) in [5.41, 5.74) is 6.72. The van der Waals surface area contributed by atoms with Gasteiger partial charge in [-0.3, -0.25) is 9.59 Å². The van der Waals surface area contributed by atoms with E-state index in [1.165, 1.54) is 12.8 Å². The molecule has 7 heteroatoms. The highest BCUT2D eigenvalue weighted by molar-refractivity contribution is 5.87. The molecular weight excluding hydrogens is 306 g/mol. The highest BCUT2D eigenvalue weighted by Crippen LogP contribution is 2.18. The number of anilines is 1. The number of aromatic nitrogens is 1. The van der Waals surface area contributed by atoms with Crippen molar-refractivity contribution < 1.29 is 9.59 Å². The first-order valence-electron chi connectivity index (χ1n) is 8.47. The van der Waals surface area contributed by atoms with E-state index in [1.807, 2.05) is 26.0 Å². The number of rotatable bonds is 7. The van der Waals surface area contributed by atoms with Crippen molar-refractivity contribution >= 4 is 17.6 Å². The van der Waals surface area contributed by atoms with E-state index in [0.717, 1.165) is 24.5 Å². The lowest BCUT2D eigenvalue weighted by molar-refractivity contribution is -0.127. The Morgan fingerprint density at radius 1 is 1.29 bits per heavy atom. The lowest BCUT2D eigenvalue weighted by Gasteiger charge is -2.17. The molecule has 2 rings (SSSR count). The molecule has 1 aromatic heterocycles. The Morgan fingerprint density at radius 2 is 2.00 bits per heavy atom. The van der Waals surface area contributed by atoms with Crippen LogP contribution in [0, 0.1) is 5.92 Å². The van der Waals surface area contributed by atoms with Gasteiger partial charge in [0.2, 0.25) is 11.8 Å². The summed E-state index contributed by atoms with van der Waals surface area (Å²) in [7, 11) is 0. The Balaban J connectivity index is 1.77. The molecule has 132 valence electrons. The van der Waals surface area contributed by atoms with Gasteiger partial charge < -0.3 is 21.3 Å². The quantitative estimate of drug-likeness (QED) is 0.670. The van der Waals surface area contributed by atoms with Crippen molar-refractivity contribution in [3.63, 3.8) is 0 Å². The number of nitrogens with zero attached hydrogens (tertiary/aromatic N) is 2. The summed E-state index contributed by atoms with van der Waals surface area (Å²) in [5, 5.41) is 5.36. The topological polar surface area (TPSA) is 100 Å². The van der Waals surface area contributed by atoms with Crippen LogP contribution < -0.4 is 21.3 Å². The van der Waals surface area contributed by atoms with Crippen LogP contribution >= 0.6 is 0 Å². The van der Waals surface area contributed by atoms with E-state index in [0.29, 0.717) is 6.54 Å². The first kappa shape index (κ1) is 18.2. The molecule has 0 spiro atoms. The molecule has 1 saturated heterocycles. The maximum Gasteiger partial charge on any atom is 0.239 e. The smallest absolute Gasteiger partial charge is 0.239 e. The van der Waals surface area contributed by atoms with E-state index in [1.54, 1.807) is 6.20 Å². The van der Waals surface area contributed by atoms with Gasteiger partial charge in [0, 0.05) is 25.8 Å². The van der Waals surface area contributed by atoms with E-state index >= 15 is 0 Å². The molecule has 24 heavy (non-hydrogen) atoms.